The molecule has 1 amide bonds. The Labute approximate surface area is 80.5 Å². The van der Waals surface area contributed by atoms with Crippen molar-refractivity contribution in [3.63, 3.8) is 0 Å². The van der Waals surface area contributed by atoms with Crippen molar-refractivity contribution < 1.29 is 14.6 Å². The second-order valence-corrected chi connectivity index (χ2v) is 3.73. The summed E-state index contributed by atoms with van der Waals surface area (Å²) in [6, 6.07) is 4.68. The number of anilines is 1. The Balaban J connectivity index is 2.07. The minimum atomic E-state index is -0.638. The van der Waals surface area contributed by atoms with E-state index in [1.54, 1.807) is 6.07 Å². The number of amides is 1. The van der Waals surface area contributed by atoms with E-state index in [2.05, 4.69) is 5.32 Å². The van der Waals surface area contributed by atoms with E-state index in [4.69, 9.17) is 4.74 Å². The molecule has 4 nitrogen and oxygen atoms in total. The van der Waals surface area contributed by atoms with Gasteiger partial charge >= 0.3 is 0 Å². The summed E-state index contributed by atoms with van der Waals surface area (Å²) in [5.74, 6) is 0.633. The van der Waals surface area contributed by atoms with E-state index < -0.39 is 5.60 Å². The summed E-state index contributed by atoms with van der Waals surface area (Å²) in [6.07, 6.45) is 1.52. The van der Waals surface area contributed by atoms with Gasteiger partial charge in [-0.15, -0.1) is 0 Å². The van der Waals surface area contributed by atoms with Crippen molar-refractivity contribution in [1.82, 2.24) is 0 Å². The molecule has 0 radical (unpaired) electrons. The second kappa shape index (κ2) is 2.20. The maximum Gasteiger partial charge on any atom is 0.268 e. The Kier molecular flexibility index (Phi) is 1.21. The van der Waals surface area contributed by atoms with Crippen molar-refractivity contribution in [3.05, 3.63) is 18.2 Å². The molecule has 0 bridgehead atoms. The third-order valence-electron chi connectivity index (χ3n) is 2.64. The summed E-state index contributed by atoms with van der Waals surface area (Å²) in [5.41, 5.74) is -0.00817. The van der Waals surface area contributed by atoms with Crippen LogP contribution in [0.1, 0.15) is 12.8 Å². The molecule has 4 heteroatoms. The maximum atomic E-state index is 11.5. The number of phenolic OH excluding ortho intramolecular Hbond substituents is 1. The predicted molar refractivity (Wildman–Crippen MR) is 49.3 cm³/mol. The molecule has 1 aromatic carbocycles. The summed E-state index contributed by atoms with van der Waals surface area (Å²) >= 11 is 0. The van der Waals surface area contributed by atoms with Crippen LogP contribution in [0.2, 0.25) is 0 Å². The monoisotopic (exact) mass is 191 g/mol. The van der Waals surface area contributed by atoms with Crippen molar-refractivity contribution in [1.29, 1.82) is 0 Å². The van der Waals surface area contributed by atoms with Gasteiger partial charge in [0.2, 0.25) is 0 Å². The summed E-state index contributed by atoms with van der Waals surface area (Å²) < 4.78 is 5.55. The van der Waals surface area contributed by atoms with E-state index in [1.807, 2.05) is 0 Å². The standard InChI is InChI=1S/C10H9NO3/c12-6-1-2-7-8(5-6)14-10(3-4-10)9(13)11-7/h1-2,5,12H,3-4H2,(H,11,13). The molecular formula is C10H9NO3. The molecular weight excluding hydrogens is 182 g/mol. The van der Waals surface area contributed by atoms with Gasteiger partial charge in [-0.1, -0.05) is 0 Å². The van der Waals surface area contributed by atoms with Gasteiger partial charge in [0.1, 0.15) is 11.5 Å². The number of nitrogens with one attached hydrogen (secondary N) is 1. The van der Waals surface area contributed by atoms with Crippen LogP contribution in [0.25, 0.3) is 0 Å². The van der Waals surface area contributed by atoms with Crippen LogP contribution >= 0.6 is 0 Å². The second-order valence-electron chi connectivity index (χ2n) is 3.73. The molecule has 1 aromatic rings. The number of carbonyl (C=O) groups excluding carboxylic acids is 1. The molecule has 1 aliphatic carbocycles. The number of hydrogen-bond acceptors (Lipinski definition) is 3. The lowest BCUT2D eigenvalue weighted by Gasteiger charge is -2.25. The Morgan fingerprint density at radius 1 is 1.43 bits per heavy atom. The zero-order chi connectivity index (χ0) is 9.76. The number of rotatable bonds is 0. The zero-order valence-electron chi connectivity index (χ0n) is 7.41. The van der Waals surface area contributed by atoms with Crippen LogP contribution < -0.4 is 10.1 Å². The number of benzene rings is 1. The highest BCUT2D eigenvalue weighted by molar-refractivity contribution is 6.02. The molecule has 1 fully saturated rings. The molecule has 0 atom stereocenters. The molecule has 1 heterocycles. The fraction of sp³-hybridized carbons (Fsp3) is 0.300. The number of ether oxygens (including phenoxy) is 1. The van der Waals surface area contributed by atoms with Crippen LogP contribution in [0.4, 0.5) is 5.69 Å². The molecule has 0 aromatic heterocycles. The molecule has 3 rings (SSSR count). The van der Waals surface area contributed by atoms with Crippen molar-refractivity contribution >= 4 is 11.6 Å². The molecule has 72 valence electrons. The number of carbonyl (C=O) groups is 1. The molecule has 1 aliphatic heterocycles. The van der Waals surface area contributed by atoms with Crippen LogP contribution in [-0.4, -0.2) is 16.6 Å². The summed E-state index contributed by atoms with van der Waals surface area (Å²) in [4.78, 5) is 11.5. The maximum absolute atomic E-state index is 11.5. The first-order chi connectivity index (χ1) is 6.70. The molecule has 1 saturated carbocycles. The Bertz CT molecular complexity index is 423. The van der Waals surface area contributed by atoms with Crippen molar-refractivity contribution in [2.45, 2.75) is 18.4 Å². The average molecular weight is 191 g/mol. The summed E-state index contributed by atoms with van der Waals surface area (Å²) in [6.45, 7) is 0. The summed E-state index contributed by atoms with van der Waals surface area (Å²) in [5, 5.41) is 12.0. The van der Waals surface area contributed by atoms with E-state index >= 15 is 0 Å². The molecule has 1 spiro atoms. The van der Waals surface area contributed by atoms with Crippen molar-refractivity contribution in [3.8, 4) is 11.5 Å². The average Bonchev–Trinajstić information content (AvgIpc) is 2.89. The molecule has 0 unspecified atom stereocenters. The van der Waals surface area contributed by atoms with Gasteiger partial charge in [0, 0.05) is 18.9 Å². The van der Waals surface area contributed by atoms with Crippen LogP contribution in [-0.2, 0) is 4.79 Å². The minimum Gasteiger partial charge on any atom is -0.508 e. The minimum absolute atomic E-state index is 0.0734. The molecule has 14 heavy (non-hydrogen) atoms. The largest absolute Gasteiger partial charge is 0.508 e. The van der Waals surface area contributed by atoms with Gasteiger partial charge in [0.25, 0.3) is 5.91 Å². The zero-order valence-corrected chi connectivity index (χ0v) is 7.41. The Morgan fingerprint density at radius 3 is 2.93 bits per heavy atom. The van der Waals surface area contributed by atoms with Crippen molar-refractivity contribution in [2.24, 2.45) is 0 Å². The summed E-state index contributed by atoms with van der Waals surface area (Å²) in [7, 11) is 0. The molecule has 0 saturated heterocycles. The van der Waals surface area contributed by atoms with Crippen LogP contribution in [0, 0.1) is 0 Å². The molecule has 2 aliphatic rings. The van der Waals surface area contributed by atoms with Gasteiger partial charge in [0.05, 0.1) is 5.69 Å². The van der Waals surface area contributed by atoms with E-state index in [9.17, 15) is 9.90 Å². The fourth-order valence-corrected chi connectivity index (χ4v) is 1.63. The van der Waals surface area contributed by atoms with Crippen LogP contribution in [0.3, 0.4) is 0 Å². The SMILES string of the molecule is O=C1Nc2ccc(O)cc2OC12CC2. The van der Waals surface area contributed by atoms with Gasteiger partial charge in [-0.3, -0.25) is 4.79 Å². The first-order valence-corrected chi connectivity index (χ1v) is 4.53. The highest BCUT2D eigenvalue weighted by atomic mass is 16.5. The Morgan fingerprint density at radius 2 is 2.21 bits per heavy atom. The van der Waals surface area contributed by atoms with Crippen molar-refractivity contribution in [2.75, 3.05) is 5.32 Å². The first-order valence-electron chi connectivity index (χ1n) is 4.53. The highest BCUT2D eigenvalue weighted by Crippen LogP contribution is 2.47. The first kappa shape index (κ1) is 7.67. The lowest BCUT2D eigenvalue weighted by atomic mass is 10.2. The third-order valence-corrected chi connectivity index (χ3v) is 2.64. The molecule has 2 N–H and O–H groups in total. The Hall–Kier alpha value is -1.71. The van der Waals surface area contributed by atoms with Gasteiger partial charge in [-0.25, -0.2) is 0 Å². The highest BCUT2D eigenvalue weighted by Gasteiger charge is 2.55. The normalized spacial score (nSPS) is 21.0. The lowest BCUT2D eigenvalue weighted by Crippen LogP contribution is -2.38. The number of phenols is 1. The number of aromatic hydroxyl groups is 1. The van der Waals surface area contributed by atoms with Gasteiger partial charge in [0.15, 0.2) is 5.60 Å². The third kappa shape index (κ3) is 0.907. The van der Waals surface area contributed by atoms with E-state index in [0.29, 0.717) is 11.4 Å². The number of fused-ring (bicyclic) bond motifs is 1. The smallest absolute Gasteiger partial charge is 0.268 e. The predicted octanol–water partition coefficient (Wildman–Crippen LogP) is 1.26. The van der Waals surface area contributed by atoms with Gasteiger partial charge < -0.3 is 15.2 Å². The van der Waals surface area contributed by atoms with E-state index in [-0.39, 0.29) is 11.7 Å². The van der Waals surface area contributed by atoms with Crippen LogP contribution in [0.5, 0.6) is 11.5 Å². The van der Waals surface area contributed by atoms with E-state index in [0.717, 1.165) is 12.8 Å². The van der Waals surface area contributed by atoms with Crippen LogP contribution in [0.15, 0.2) is 18.2 Å². The lowest BCUT2D eigenvalue weighted by molar-refractivity contribution is -0.125. The van der Waals surface area contributed by atoms with Gasteiger partial charge in [-0.2, -0.15) is 0 Å². The number of hydrogen-bond donors (Lipinski definition) is 2. The quantitative estimate of drug-likeness (QED) is 0.607. The van der Waals surface area contributed by atoms with E-state index in [1.165, 1.54) is 12.1 Å². The topological polar surface area (TPSA) is 58.6 Å². The van der Waals surface area contributed by atoms with Gasteiger partial charge in [-0.05, 0) is 12.1 Å². The fourth-order valence-electron chi connectivity index (χ4n) is 1.63.